The number of aromatic amines is 1. The number of carbonyl (C=O) groups excluding carboxylic acids is 1. The number of halogens is 2. The van der Waals surface area contributed by atoms with E-state index in [1.165, 1.54) is 0 Å². The molecule has 0 radical (unpaired) electrons. The molecule has 3 aromatic carbocycles. The first kappa shape index (κ1) is 21.6. The van der Waals surface area contributed by atoms with Crippen LogP contribution in [0.25, 0.3) is 11.3 Å². The Labute approximate surface area is 201 Å². The van der Waals surface area contributed by atoms with Crippen LogP contribution in [0.5, 0.6) is 5.75 Å². The Hall–Kier alpha value is -3.28. The third-order valence-electron chi connectivity index (χ3n) is 5.75. The third-order valence-corrected chi connectivity index (χ3v) is 6.26. The fraction of sp³-hybridized carbons (Fsp3) is 0.154. The molecule has 1 aliphatic rings. The number of benzene rings is 3. The third kappa shape index (κ3) is 4.10. The lowest BCUT2D eigenvalue weighted by atomic mass is 9.96. The van der Waals surface area contributed by atoms with Crippen LogP contribution in [0.1, 0.15) is 40.1 Å². The van der Waals surface area contributed by atoms with Gasteiger partial charge in [0.05, 0.1) is 18.3 Å². The molecule has 0 fully saturated rings. The summed E-state index contributed by atoms with van der Waals surface area (Å²) >= 11 is 12.2. The van der Waals surface area contributed by atoms with Crippen molar-refractivity contribution in [3.63, 3.8) is 0 Å². The Morgan fingerprint density at radius 1 is 0.939 bits per heavy atom. The number of ether oxygens (including phenoxy) is 1. The highest BCUT2D eigenvalue weighted by Gasteiger charge is 2.42. The topological polar surface area (TPSA) is 58.2 Å². The Morgan fingerprint density at radius 2 is 1.58 bits per heavy atom. The number of fused-ring (bicyclic) bond motifs is 1. The van der Waals surface area contributed by atoms with Gasteiger partial charge in [0.25, 0.3) is 5.91 Å². The van der Waals surface area contributed by atoms with Crippen molar-refractivity contribution in [2.75, 3.05) is 6.61 Å². The van der Waals surface area contributed by atoms with Gasteiger partial charge in [-0.15, -0.1) is 0 Å². The van der Waals surface area contributed by atoms with Gasteiger partial charge in [0.2, 0.25) is 0 Å². The van der Waals surface area contributed by atoms with Gasteiger partial charge in [-0.2, -0.15) is 5.10 Å². The largest absolute Gasteiger partial charge is 0.494 e. The molecular weight excluding hydrogens is 457 g/mol. The van der Waals surface area contributed by atoms with Gasteiger partial charge in [-0.05, 0) is 54.4 Å². The SMILES string of the molecule is CCOc1ccc(C2c3c(-c4ccc(Cl)cc4)n[nH]c3C(=O)N2Cc2ccc(Cl)cc2)cc1. The molecule has 1 unspecified atom stereocenters. The Bertz CT molecular complexity index is 1280. The minimum atomic E-state index is -0.303. The van der Waals surface area contributed by atoms with Crippen LogP contribution in [0.2, 0.25) is 10.0 Å². The zero-order valence-electron chi connectivity index (χ0n) is 17.9. The molecular formula is C26H21Cl2N3O2. The number of hydrogen-bond acceptors (Lipinski definition) is 3. The Morgan fingerprint density at radius 3 is 2.21 bits per heavy atom. The molecule has 1 amide bonds. The molecule has 5 rings (SSSR count). The van der Waals surface area contributed by atoms with E-state index in [4.69, 9.17) is 27.9 Å². The molecule has 0 saturated heterocycles. The first-order chi connectivity index (χ1) is 16.0. The standard InChI is InChI=1S/C26H21Cl2N3O2/c1-2-33-21-13-7-18(8-14-21)25-22-23(17-5-11-20(28)12-6-17)29-30-24(22)26(32)31(25)15-16-3-9-19(27)10-4-16/h3-14,25H,2,15H2,1H3,(H,29,30). The molecule has 7 heteroatoms. The molecule has 33 heavy (non-hydrogen) atoms. The number of amides is 1. The summed E-state index contributed by atoms with van der Waals surface area (Å²) in [4.78, 5) is 15.4. The fourth-order valence-electron chi connectivity index (χ4n) is 4.23. The number of H-pyrrole nitrogens is 1. The number of rotatable bonds is 6. The molecule has 0 aliphatic carbocycles. The molecule has 1 N–H and O–H groups in total. The predicted octanol–water partition coefficient (Wildman–Crippen LogP) is 6.53. The van der Waals surface area contributed by atoms with Gasteiger partial charge in [0.15, 0.2) is 0 Å². The number of nitrogens with zero attached hydrogens (tertiary/aromatic N) is 2. The summed E-state index contributed by atoms with van der Waals surface area (Å²) in [7, 11) is 0. The number of aromatic nitrogens is 2. The van der Waals surface area contributed by atoms with Crippen LogP contribution in [-0.4, -0.2) is 27.6 Å². The number of carbonyl (C=O) groups is 1. The van der Waals surface area contributed by atoms with Crippen LogP contribution < -0.4 is 4.74 Å². The van der Waals surface area contributed by atoms with E-state index < -0.39 is 0 Å². The molecule has 1 aliphatic heterocycles. The van der Waals surface area contributed by atoms with Crippen LogP contribution in [0, 0.1) is 0 Å². The van der Waals surface area contributed by atoms with Crippen molar-refractivity contribution >= 4 is 29.1 Å². The van der Waals surface area contributed by atoms with Crippen molar-refractivity contribution in [2.24, 2.45) is 0 Å². The van der Waals surface area contributed by atoms with E-state index in [9.17, 15) is 4.79 Å². The van der Waals surface area contributed by atoms with E-state index in [0.717, 1.165) is 33.7 Å². The highest BCUT2D eigenvalue weighted by molar-refractivity contribution is 6.30. The van der Waals surface area contributed by atoms with E-state index in [1.54, 1.807) is 0 Å². The van der Waals surface area contributed by atoms with Gasteiger partial charge in [0.1, 0.15) is 11.4 Å². The molecule has 166 valence electrons. The fourth-order valence-corrected chi connectivity index (χ4v) is 4.49. The molecule has 5 nitrogen and oxygen atoms in total. The molecule has 2 heterocycles. The summed E-state index contributed by atoms with van der Waals surface area (Å²) in [6.45, 7) is 2.99. The van der Waals surface area contributed by atoms with Gasteiger partial charge in [-0.3, -0.25) is 9.89 Å². The highest BCUT2D eigenvalue weighted by Crippen LogP contribution is 2.43. The number of hydrogen-bond donors (Lipinski definition) is 1. The average molecular weight is 478 g/mol. The first-order valence-corrected chi connectivity index (χ1v) is 11.4. The van der Waals surface area contributed by atoms with Crippen molar-refractivity contribution in [3.05, 3.63) is 105 Å². The normalized spacial score (nSPS) is 15.1. The summed E-state index contributed by atoms with van der Waals surface area (Å²) in [6, 6.07) is 22.6. The van der Waals surface area contributed by atoms with Gasteiger partial charge in [0, 0.05) is 27.7 Å². The lowest BCUT2D eigenvalue weighted by molar-refractivity contribution is 0.0730. The molecule has 1 atom stereocenters. The van der Waals surface area contributed by atoms with Crippen molar-refractivity contribution in [1.29, 1.82) is 0 Å². The summed E-state index contributed by atoms with van der Waals surface area (Å²) in [5.74, 6) is 0.701. The second kappa shape index (κ2) is 8.93. The Balaban J connectivity index is 1.60. The molecule has 0 saturated carbocycles. The van der Waals surface area contributed by atoms with E-state index in [2.05, 4.69) is 10.2 Å². The quantitative estimate of drug-likeness (QED) is 0.343. The molecule has 0 bridgehead atoms. The van der Waals surface area contributed by atoms with Gasteiger partial charge >= 0.3 is 0 Å². The summed E-state index contributed by atoms with van der Waals surface area (Å²) in [5.41, 5.74) is 4.99. The van der Waals surface area contributed by atoms with Crippen LogP contribution in [0.15, 0.2) is 72.8 Å². The highest BCUT2D eigenvalue weighted by atomic mass is 35.5. The average Bonchev–Trinajstić information content (AvgIpc) is 3.36. The Kier molecular flexibility index (Phi) is 5.83. The predicted molar refractivity (Wildman–Crippen MR) is 130 cm³/mol. The van der Waals surface area contributed by atoms with Crippen LogP contribution >= 0.6 is 23.2 Å². The van der Waals surface area contributed by atoms with Crippen molar-refractivity contribution < 1.29 is 9.53 Å². The zero-order valence-corrected chi connectivity index (χ0v) is 19.4. The van der Waals surface area contributed by atoms with Gasteiger partial charge in [-0.1, -0.05) is 59.6 Å². The molecule has 0 spiro atoms. The van der Waals surface area contributed by atoms with E-state index in [1.807, 2.05) is 84.6 Å². The van der Waals surface area contributed by atoms with Crippen LogP contribution in [0.4, 0.5) is 0 Å². The van der Waals surface area contributed by atoms with Crippen molar-refractivity contribution in [3.8, 4) is 17.0 Å². The second-order valence-electron chi connectivity index (χ2n) is 7.83. The maximum Gasteiger partial charge on any atom is 0.273 e. The van der Waals surface area contributed by atoms with Gasteiger partial charge in [-0.25, -0.2) is 0 Å². The van der Waals surface area contributed by atoms with Crippen LogP contribution in [-0.2, 0) is 6.54 Å². The first-order valence-electron chi connectivity index (χ1n) is 10.7. The van der Waals surface area contributed by atoms with Gasteiger partial charge < -0.3 is 9.64 Å². The lowest BCUT2D eigenvalue weighted by Gasteiger charge is -2.26. The zero-order chi connectivity index (χ0) is 22.9. The van der Waals surface area contributed by atoms with E-state index in [0.29, 0.717) is 28.9 Å². The maximum absolute atomic E-state index is 13.5. The summed E-state index contributed by atoms with van der Waals surface area (Å²) in [5, 5.41) is 8.80. The van der Waals surface area contributed by atoms with Crippen LogP contribution in [0.3, 0.4) is 0 Å². The minimum Gasteiger partial charge on any atom is -0.494 e. The summed E-state index contributed by atoms with van der Waals surface area (Å²) in [6.07, 6.45) is 0. The van der Waals surface area contributed by atoms with E-state index in [-0.39, 0.29) is 11.9 Å². The molecule has 1 aromatic heterocycles. The van der Waals surface area contributed by atoms with E-state index >= 15 is 0 Å². The van der Waals surface area contributed by atoms with Crippen molar-refractivity contribution in [2.45, 2.75) is 19.5 Å². The lowest BCUT2D eigenvalue weighted by Crippen LogP contribution is -2.29. The minimum absolute atomic E-state index is 0.0912. The second-order valence-corrected chi connectivity index (χ2v) is 8.70. The smallest absolute Gasteiger partial charge is 0.273 e. The number of nitrogens with one attached hydrogen (secondary N) is 1. The monoisotopic (exact) mass is 477 g/mol. The molecule has 4 aromatic rings. The van der Waals surface area contributed by atoms with Crippen molar-refractivity contribution in [1.82, 2.24) is 15.1 Å². The summed E-state index contributed by atoms with van der Waals surface area (Å²) < 4.78 is 5.61. The maximum atomic E-state index is 13.5.